The highest BCUT2D eigenvalue weighted by atomic mass is 32.2. The van der Waals surface area contributed by atoms with Gasteiger partial charge in [0, 0.05) is 25.4 Å². The minimum atomic E-state index is -3.26. The highest BCUT2D eigenvalue weighted by Crippen LogP contribution is 2.22. The topological polar surface area (TPSA) is 57.6 Å². The lowest BCUT2D eigenvalue weighted by Crippen LogP contribution is -2.25. The Labute approximate surface area is 417 Å². The Morgan fingerprint density at radius 2 is 0.627 bits per heavy atom. The average molecular weight is 949 g/mol. The van der Waals surface area contributed by atoms with E-state index in [1.807, 2.05) is 12.1 Å². The second-order valence-corrected chi connectivity index (χ2v) is 22.8. The zero-order valence-corrected chi connectivity index (χ0v) is 45.2. The first kappa shape index (κ1) is 61.0. The van der Waals surface area contributed by atoms with Gasteiger partial charge >= 0.3 is 0 Å². The molecule has 0 unspecified atom stereocenters. The predicted molar refractivity (Wildman–Crippen MR) is 298 cm³/mol. The van der Waals surface area contributed by atoms with Gasteiger partial charge in [0.25, 0.3) is 0 Å². The van der Waals surface area contributed by atoms with Crippen LogP contribution in [0.4, 0.5) is 5.69 Å². The third-order valence-corrected chi connectivity index (χ3v) is 16.2. The van der Waals surface area contributed by atoms with Crippen LogP contribution in [0.5, 0.6) is 0 Å². The summed E-state index contributed by atoms with van der Waals surface area (Å²) in [6.45, 7) is 7.20. The standard InChI is InChI=1S/C62H109NO3S/c1-3-5-7-9-11-13-15-17-19-21-23-25-29-33-37-41-55-63(56-42-38-34-30-26-24-22-20-18-16-14-12-10-8-6-4-2)61-51-47-59(48-52-61)45-46-60-49-53-62(54-50-60)67(65,66)58-44-40-36-32-28-27-31-35-39-43-57-64/h45-54,64H,3-44,55-58H2,1-2H3. The van der Waals surface area contributed by atoms with Crippen LogP contribution in [0.1, 0.15) is 295 Å². The first-order valence-electron chi connectivity index (χ1n) is 29.5. The highest BCUT2D eigenvalue weighted by Gasteiger charge is 2.14. The minimum absolute atomic E-state index is 0.228. The van der Waals surface area contributed by atoms with Crippen molar-refractivity contribution < 1.29 is 13.5 Å². The Morgan fingerprint density at radius 1 is 0.358 bits per heavy atom. The van der Waals surface area contributed by atoms with Crippen molar-refractivity contribution in [2.75, 3.05) is 30.3 Å². The number of hydrogen-bond acceptors (Lipinski definition) is 4. The fraction of sp³-hybridized carbons (Fsp3) is 0.774. The summed E-state index contributed by atoms with van der Waals surface area (Å²) in [6.07, 6.45) is 60.2. The molecule has 0 saturated heterocycles. The van der Waals surface area contributed by atoms with Crippen molar-refractivity contribution in [3.63, 3.8) is 0 Å². The molecule has 0 radical (unpaired) electrons. The van der Waals surface area contributed by atoms with Crippen LogP contribution in [0.15, 0.2) is 53.4 Å². The Balaban J connectivity index is 1.74. The van der Waals surface area contributed by atoms with E-state index in [2.05, 4.69) is 55.2 Å². The van der Waals surface area contributed by atoms with Gasteiger partial charge in [-0.05, 0) is 61.1 Å². The van der Waals surface area contributed by atoms with Crippen molar-refractivity contribution in [1.82, 2.24) is 0 Å². The van der Waals surface area contributed by atoms with Gasteiger partial charge in [0.05, 0.1) is 10.6 Å². The maximum Gasteiger partial charge on any atom is 0.178 e. The molecule has 1 N–H and O–H groups in total. The number of nitrogens with zero attached hydrogens (tertiary/aromatic N) is 1. The molecule has 0 aliphatic carbocycles. The smallest absolute Gasteiger partial charge is 0.178 e. The van der Waals surface area contributed by atoms with Gasteiger partial charge in [0.1, 0.15) is 0 Å². The lowest BCUT2D eigenvalue weighted by Gasteiger charge is -2.25. The molecule has 0 saturated carbocycles. The molecule has 0 atom stereocenters. The fourth-order valence-corrected chi connectivity index (χ4v) is 11.2. The van der Waals surface area contributed by atoms with Crippen LogP contribution in [-0.4, -0.2) is 39.0 Å². The van der Waals surface area contributed by atoms with Gasteiger partial charge in [-0.25, -0.2) is 8.42 Å². The summed E-state index contributed by atoms with van der Waals surface area (Å²) in [6, 6.07) is 16.6. The second kappa shape index (κ2) is 45.1. The van der Waals surface area contributed by atoms with E-state index in [-0.39, 0.29) is 5.75 Å². The van der Waals surface area contributed by atoms with Crippen molar-refractivity contribution in [2.24, 2.45) is 0 Å². The molecule has 0 aliphatic rings. The van der Waals surface area contributed by atoms with Crippen LogP contribution in [0.2, 0.25) is 0 Å². The zero-order valence-electron chi connectivity index (χ0n) is 44.4. The number of benzene rings is 2. The number of aliphatic hydroxyl groups is 1. The number of unbranched alkanes of at least 4 members (excludes halogenated alkanes) is 39. The van der Waals surface area contributed by atoms with Crippen LogP contribution in [0.3, 0.4) is 0 Å². The van der Waals surface area contributed by atoms with Gasteiger partial charge in [-0.3, -0.25) is 0 Å². The van der Waals surface area contributed by atoms with Crippen molar-refractivity contribution in [1.29, 1.82) is 0 Å². The van der Waals surface area contributed by atoms with Crippen LogP contribution >= 0.6 is 0 Å². The molecule has 5 heteroatoms. The van der Waals surface area contributed by atoms with Crippen LogP contribution in [0, 0.1) is 0 Å². The van der Waals surface area contributed by atoms with Gasteiger partial charge in [0.15, 0.2) is 9.84 Å². The maximum absolute atomic E-state index is 13.0. The van der Waals surface area contributed by atoms with E-state index in [1.165, 1.54) is 249 Å². The molecular formula is C62H109NO3S. The molecule has 0 aromatic heterocycles. The molecular weight excluding hydrogens is 839 g/mol. The fourth-order valence-electron chi connectivity index (χ4n) is 9.78. The van der Waals surface area contributed by atoms with Gasteiger partial charge in [0.2, 0.25) is 0 Å². The summed E-state index contributed by atoms with van der Waals surface area (Å²) in [5, 5.41) is 8.90. The van der Waals surface area contributed by atoms with E-state index < -0.39 is 9.84 Å². The molecule has 0 fully saturated rings. The van der Waals surface area contributed by atoms with E-state index in [0.717, 1.165) is 50.8 Å². The molecule has 67 heavy (non-hydrogen) atoms. The van der Waals surface area contributed by atoms with E-state index in [4.69, 9.17) is 5.11 Å². The zero-order chi connectivity index (χ0) is 48.0. The second-order valence-electron chi connectivity index (χ2n) is 20.7. The Bertz CT molecular complexity index is 1430. The van der Waals surface area contributed by atoms with Gasteiger partial charge in [-0.15, -0.1) is 0 Å². The van der Waals surface area contributed by atoms with Crippen molar-refractivity contribution in [3.05, 3.63) is 59.7 Å². The monoisotopic (exact) mass is 948 g/mol. The summed E-state index contributed by atoms with van der Waals surface area (Å²) < 4.78 is 26.1. The van der Waals surface area contributed by atoms with Crippen molar-refractivity contribution >= 4 is 27.7 Å². The molecule has 2 aromatic rings. The van der Waals surface area contributed by atoms with Crippen LogP contribution in [-0.2, 0) is 9.84 Å². The average Bonchev–Trinajstić information content (AvgIpc) is 3.34. The largest absolute Gasteiger partial charge is 0.396 e. The third kappa shape index (κ3) is 35.6. The molecule has 386 valence electrons. The number of sulfone groups is 1. The Kier molecular flexibility index (Phi) is 41.0. The summed E-state index contributed by atoms with van der Waals surface area (Å²) in [4.78, 5) is 3.09. The van der Waals surface area contributed by atoms with E-state index in [1.54, 1.807) is 12.1 Å². The minimum Gasteiger partial charge on any atom is -0.396 e. The van der Waals surface area contributed by atoms with Gasteiger partial charge in [-0.1, -0.05) is 294 Å². The molecule has 0 spiro atoms. The third-order valence-electron chi connectivity index (χ3n) is 14.4. The Hall–Kier alpha value is -2.11. The van der Waals surface area contributed by atoms with E-state index >= 15 is 0 Å². The molecule has 0 bridgehead atoms. The quantitative estimate of drug-likeness (QED) is 0.0530. The normalized spacial score (nSPS) is 11.9. The molecule has 0 amide bonds. The number of rotatable bonds is 50. The molecule has 0 heterocycles. The Morgan fingerprint density at radius 3 is 0.940 bits per heavy atom. The SMILES string of the molecule is CCCCCCCCCCCCCCCCCCN(CCCCCCCCCCCCCCCCCC)c1ccc(C=Cc2ccc(S(=O)(=O)CCCCCCCCCCCCO)cc2)cc1. The summed E-state index contributed by atoms with van der Waals surface area (Å²) >= 11 is 0. The number of aliphatic hydroxyl groups excluding tert-OH is 1. The lowest BCUT2D eigenvalue weighted by molar-refractivity contribution is 0.282. The highest BCUT2D eigenvalue weighted by molar-refractivity contribution is 7.91. The maximum atomic E-state index is 13.0. The molecule has 2 rings (SSSR count). The summed E-state index contributed by atoms with van der Waals surface area (Å²) in [5.41, 5.74) is 3.54. The summed E-state index contributed by atoms with van der Waals surface area (Å²) in [7, 11) is -3.26. The van der Waals surface area contributed by atoms with Crippen LogP contribution in [0.25, 0.3) is 12.2 Å². The van der Waals surface area contributed by atoms with Gasteiger partial charge < -0.3 is 10.0 Å². The molecule has 0 aliphatic heterocycles. The van der Waals surface area contributed by atoms with Crippen molar-refractivity contribution in [2.45, 2.75) is 288 Å². The molecule has 2 aromatic carbocycles. The summed E-state index contributed by atoms with van der Waals surface area (Å²) in [5.74, 6) is 0.228. The van der Waals surface area contributed by atoms with Gasteiger partial charge in [-0.2, -0.15) is 0 Å². The number of hydrogen-bond donors (Lipinski definition) is 1. The van der Waals surface area contributed by atoms with E-state index in [9.17, 15) is 8.42 Å². The van der Waals surface area contributed by atoms with E-state index in [0.29, 0.717) is 11.5 Å². The van der Waals surface area contributed by atoms with Crippen molar-refractivity contribution in [3.8, 4) is 0 Å². The van der Waals surface area contributed by atoms with Crippen LogP contribution < -0.4 is 4.90 Å². The molecule has 4 nitrogen and oxygen atoms in total. The predicted octanol–water partition coefficient (Wildman–Crippen LogP) is 19.9. The first-order valence-corrected chi connectivity index (χ1v) is 31.1. The number of anilines is 1. The lowest BCUT2D eigenvalue weighted by atomic mass is 10.0. The first-order chi connectivity index (χ1) is 33.0.